The van der Waals surface area contributed by atoms with Crippen molar-refractivity contribution in [3.05, 3.63) is 170 Å². The van der Waals surface area contributed by atoms with Crippen molar-refractivity contribution in [1.29, 1.82) is 0 Å². The molecule has 0 spiro atoms. The van der Waals surface area contributed by atoms with Crippen LogP contribution in [-0.2, 0) is 0 Å². The summed E-state index contributed by atoms with van der Waals surface area (Å²) in [5.74, 6) is 0.664. The minimum atomic E-state index is -0.435. The highest BCUT2D eigenvalue weighted by Gasteiger charge is 2.21. The Kier molecular flexibility index (Phi) is 4.41. The lowest BCUT2D eigenvalue weighted by molar-refractivity contribution is 0.629. The van der Waals surface area contributed by atoms with Crippen molar-refractivity contribution in [2.24, 2.45) is 0 Å². The van der Waals surface area contributed by atoms with Gasteiger partial charge in [-0.1, -0.05) is 151 Å². The molecule has 0 aliphatic rings. The van der Waals surface area contributed by atoms with Crippen molar-refractivity contribution in [2.45, 2.75) is 0 Å². The predicted molar refractivity (Wildman–Crippen MR) is 200 cm³/mol. The van der Waals surface area contributed by atoms with Crippen molar-refractivity contribution < 1.29 is 19.8 Å². The molecule has 224 valence electrons. The lowest BCUT2D eigenvalue weighted by Crippen LogP contribution is -1.90. The number of hydrogen-bond acceptors (Lipinski definition) is 2. The molecule has 0 atom stereocenters. The molecular weight excluding hydrogens is 585 g/mol. The third-order valence-corrected chi connectivity index (χ3v) is 9.12. The largest absolute Gasteiger partial charge is 0.456 e. The molecule has 0 saturated heterocycles. The van der Waals surface area contributed by atoms with Gasteiger partial charge in [-0.25, -0.2) is 0 Å². The number of para-hydroxylation sites is 1. The topological polar surface area (TPSA) is 26.3 Å². The Morgan fingerprint density at radius 2 is 0.812 bits per heavy atom. The van der Waals surface area contributed by atoms with Crippen molar-refractivity contribution in [2.75, 3.05) is 0 Å². The zero-order valence-electron chi connectivity index (χ0n) is 33.4. The molecule has 10 aromatic rings. The van der Waals surface area contributed by atoms with Gasteiger partial charge in [-0.15, -0.1) is 0 Å². The highest BCUT2D eigenvalue weighted by atomic mass is 16.3. The van der Waals surface area contributed by atoms with Crippen molar-refractivity contribution in [1.82, 2.24) is 0 Å². The fourth-order valence-corrected chi connectivity index (χ4v) is 7.01. The molecule has 0 bridgehead atoms. The van der Waals surface area contributed by atoms with Crippen LogP contribution in [0.5, 0.6) is 0 Å². The highest BCUT2D eigenvalue weighted by Crippen LogP contribution is 2.46. The fourth-order valence-electron chi connectivity index (χ4n) is 7.01. The standard InChI is InChI=1S/C46H28O2/c1-3-13-29(14-4-1)43-34-18-7-9-20-36(34)44(37-21-10-8-19-35(37)43)30-23-25-31(26-24-30)45-39-27-38-33-17-11-12-22-40(33)47-41(38)28-42(39)48-46(45)32-15-5-2-6-16-32/h1-28H/i7D,8D,9D,10D,18D,19D,20D,21D. The van der Waals surface area contributed by atoms with E-state index in [0.717, 1.165) is 38.4 Å². The molecule has 2 nitrogen and oxygen atoms in total. The first-order valence-corrected chi connectivity index (χ1v) is 15.7. The van der Waals surface area contributed by atoms with Crippen LogP contribution in [0.2, 0.25) is 0 Å². The maximum atomic E-state index is 9.25. The van der Waals surface area contributed by atoms with E-state index in [-0.39, 0.29) is 45.7 Å². The van der Waals surface area contributed by atoms with E-state index < -0.39 is 24.2 Å². The maximum Gasteiger partial charge on any atom is 0.143 e. The lowest BCUT2D eigenvalue weighted by Gasteiger charge is -2.18. The van der Waals surface area contributed by atoms with Gasteiger partial charge in [-0.3, -0.25) is 0 Å². The molecule has 0 fully saturated rings. The molecular formula is C46H28O2. The third kappa shape index (κ3) is 4.06. The predicted octanol–water partition coefficient (Wildman–Crippen LogP) is 13.3. The van der Waals surface area contributed by atoms with Crippen molar-refractivity contribution >= 4 is 54.5 Å². The first kappa shape index (κ1) is 20.0. The van der Waals surface area contributed by atoms with E-state index in [4.69, 9.17) is 14.3 Å². The van der Waals surface area contributed by atoms with Gasteiger partial charge in [-0.05, 0) is 61.5 Å². The number of benzene rings is 8. The molecule has 0 aliphatic carbocycles. The van der Waals surface area contributed by atoms with Crippen molar-refractivity contribution in [3.8, 4) is 44.7 Å². The summed E-state index contributed by atoms with van der Waals surface area (Å²) < 4.78 is 84.4. The summed E-state index contributed by atoms with van der Waals surface area (Å²) in [7, 11) is 0. The van der Waals surface area contributed by atoms with Crippen LogP contribution in [0.1, 0.15) is 11.0 Å². The van der Waals surface area contributed by atoms with Gasteiger partial charge in [0.2, 0.25) is 0 Å². The number of hydrogen-bond donors (Lipinski definition) is 0. The lowest BCUT2D eigenvalue weighted by atomic mass is 9.85. The Morgan fingerprint density at radius 1 is 0.333 bits per heavy atom. The molecule has 8 aromatic carbocycles. The van der Waals surface area contributed by atoms with Gasteiger partial charge < -0.3 is 8.83 Å². The molecule has 2 aromatic heterocycles. The van der Waals surface area contributed by atoms with Crippen LogP contribution in [0.3, 0.4) is 0 Å². The second kappa shape index (κ2) is 10.6. The summed E-state index contributed by atoms with van der Waals surface area (Å²) in [5.41, 5.74) is 6.39. The fraction of sp³-hybridized carbons (Fsp3) is 0. The van der Waals surface area contributed by atoms with Gasteiger partial charge >= 0.3 is 0 Å². The summed E-state index contributed by atoms with van der Waals surface area (Å²) in [6, 6.07) is 35.3. The van der Waals surface area contributed by atoms with Crippen LogP contribution in [-0.4, -0.2) is 0 Å². The summed E-state index contributed by atoms with van der Waals surface area (Å²) in [4.78, 5) is 0. The first-order chi connectivity index (χ1) is 27.1. The van der Waals surface area contributed by atoms with E-state index in [1.807, 2.05) is 91.0 Å². The molecule has 10 rings (SSSR count). The first-order valence-electron chi connectivity index (χ1n) is 19.7. The summed E-state index contributed by atoms with van der Waals surface area (Å²) in [5, 5.41) is 3.53. The van der Waals surface area contributed by atoms with Gasteiger partial charge in [0.05, 0.1) is 11.0 Å². The van der Waals surface area contributed by atoms with Crippen LogP contribution in [0, 0.1) is 0 Å². The Hall–Kier alpha value is -6.38. The zero-order valence-corrected chi connectivity index (χ0v) is 25.4. The van der Waals surface area contributed by atoms with E-state index in [9.17, 15) is 5.48 Å². The summed E-state index contributed by atoms with van der Waals surface area (Å²) in [6.07, 6.45) is 0. The normalized spacial score (nSPS) is 14.1. The molecule has 48 heavy (non-hydrogen) atoms. The molecule has 0 N–H and O–H groups in total. The van der Waals surface area contributed by atoms with E-state index in [0.29, 0.717) is 39.2 Å². The van der Waals surface area contributed by atoms with Gasteiger partial charge in [0, 0.05) is 33.4 Å². The van der Waals surface area contributed by atoms with Crippen LogP contribution in [0.25, 0.3) is 99.2 Å². The van der Waals surface area contributed by atoms with Crippen LogP contribution >= 0.6 is 0 Å². The second-order valence-electron chi connectivity index (χ2n) is 11.8. The van der Waals surface area contributed by atoms with Crippen LogP contribution in [0.15, 0.2) is 179 Å². The molecule has 0 amide bonds. The quantitative estimate of drug-likeness (QED) is 0.183. The monoisotopic (exact) mass is 620 g/mol. The van der Waals surface area contributed by atoms with Gasteiger partial charge in [0.15, 0.2) is 0 Å². The Bertz CT molecular complexity index is 3180. The van der Waals surface area contributed by atoms with E-state index in [1.54, 1.807) is 24.3 Å². The number of fused-ring (bicyclic) bond motifs is 6. The van der Waals surface area contributed by atoms with Gasteiger partial charge in [0.1, 0.15) is 22.5 Å². The molecule has 0 radical (unpaired) electrons. The number of rotatable bonds is 4. The average Bonchev–Trinajstić information content (AvgIpc) is 3.79. The van der Waals surface area contributed by atoms with Crippen LogP contribution in [0.4, 0.5) is 0 Å². The Morgan fingerprint density at radius 3 is 1.42 bits per heavy atom. The summed E-state index contributed by atoms with van der Waals surface area (Å²) >= 11 is 0. The van der Waals surface area contributed by atoms with E-state index >= 15 is 0 Å². The van der Waals surface area contributed by atoms with Crippen molar-refractivity contribution in [3.63, 3.8) is 0 Å². The highest BCUT2D eigenvalue weighted by molar-refractivity contribution is 6.21. The maximum absolute atomic E-state index is 9.25. The molecule has 0 aliphatic heterocycles. The van der Waals surface area contributed by atoms with E-state index in [2.05, 4.69) is 6.07 Å². The average molecular weight is 621 g/mol. The molecule has 2 heterocycles. The minimum absolute atomic E-state index is 0.174. The molecule has 0 saturated carbocycles. The molecule has 0 unspecified atom stereocenters. The van der Waals surface area contributed by atoms with Gasteiger partial charge in [-0.2, -0.15) is 0 Å². The summed E-state index contributed by atoms with van der Waals surface area (Å²) in [6.45, 7) is 0. The SMILES string of the molecule is [2H]c1c([2H])c([2H])c2c(-c3ccc(-c4c(-c5ccccc5)oc5cc6oc7ccccc7c6cc45)cc3)c3c([2H])c([2H])c([2H])c([2H])c3c(-c3ccccc3)c2c1[2H]. The minimum Gasteiger partial charge on any atom is -0.456 e. The second-order valence-corrected chi connectivity index (χ2v) is 11.8. The van der Waals surface area contributed by atoms with E-state index in [1.165, 1.54) is 0 Å². The van der Waals surface area contributed by atoms with Crippen LogP contribution < -0.4 is 0 Å². The van der Waals surface area contributed by atoms with Gasteiger partial charge in [0.25, 0.3) is 0 Å². The Labute approximate surface area is 288 Å². The number of furan rings is 2. The molecule has 2 heteroatoms. The zero-order chi connectivity index (χ0) is 38.6. The Balaban J connectivity index is 1.30. The third-order valence-electron chi connectivity index (χ3n) is 9.12. The smallest absolute Gasteiger partial charge is 0.143 e.